The van der Waals surface area contributed by atoms with E-state index in [4.69, 9.17) is 11.2 Å². The van der Waals surface area contributed by atoms with Gasteiger partial charge in [-0.25, -0.2) is 0 Å². The second-order valence-electron chi connectivity index (χ2n) is 10.0. The normalized spacial score (nSPS) is 9.67. The third-order valence-corrected chi connectivity index (χ3v) is 6.22. The molecule has 0 N–H and O–H groups in total. The van der Waals surface area contributed by atoms with Crippen molar-refractivity contribution in [3.63, 3.8) is 0 Å². The van der Waals surface area contributed by atoms with Crippen molar-refractivity contribution in [3.8, 4) is 52.1 Å². The minimum absolute atomic E-state index is 0. The first-order chi connectivity index (χ1) is 21.4. The second kappa shape index (κ2) is 17.9. The molecule has 6 aromatic rings. The molecule has 0 saturated carbocycles. The van der Waals surface area contributed by atoms with E-state index < -0.39 is 0 Å². The van der Waals surface area contributed by atoms with E-state index in [1.165, 1.54) is 22.3 Å². The molecule has 0 aliphatic heterocycles. The molecule has 0 bridgehead atoms. The van der Waals surface area contributed by atoms with Gasteiger partial charge < -0.3 is 9.72 Å². The van der Waals surface area contributed by atoms with Crippen LogP contribution in [0, 0.1) is 46.1 Å². The molecular weight excluding hydrogens is 733 g/mol. The molecule has 7 heteroatoms. The van der Waals surface area contributed by atoms with Crippen molar-refractivity contribution in [2.75, 3.05) is 6.61 Å². The molecule has 6 rings (SSSR count). The number of aromatic nitrogens is 5. The zero-order valence-corrected chi connectivity index (χ0v) is 28.3. The third-order valence-electron chi connectivity index (χ3n) is 6.22. The van der Waals surface area contributed by atoms with Crippen molar-refractivity contribution in [2.45, 2.75) is 27.7 Å². The summed E-state index contributed by atoms with van der Waals surface area (Å²) in [4.78, 5) is 21.4. The molecule has 0 atom stereocenters. The zero-order chi connectivity index (χ0) is 31.1. The van der Waals surface area contributed by atoms with E-state index in [9.17, 15) is 0 Å². The van der Waals surface area contributed by atoms with Gasteiger partial charge in [-0.1, -0.05) is 18.1 Å². The van der Waals surface area contributed by atoms with Gasteiger partial charge in [0.1, 0.15) is 6.61 Å². The van der Waals surface area contributed by atoms with Gasteiger partial charge in [-0.2, -0.15) is 0 Å². The number of rotatable bonds is 5. The fourth-order valence-electron chi connectivity index (χ4n) is 4.04. The number of pyridine rings is 5. The van der Waals surface area contributed by atoms with Crippen molar-refractivity contribution in [1.29, 1.82) is 0 Å². The van der Waals surface area contributed by atoms with E-state index in [0.29, 0.717) is 0 Å². The number of terminal acetylenes is 1. The summed E-state index contributed by atoms with van der Waals surface area (Å²) in [5.41, 5.74) is 10.3. The number of benzene rings is 1. The van der Waals surface area contributed by atoms with Gasteiger partial charge in [0.2, 0.25) is 0 Å². The average Bonchev–Trinajstić information content (AvgIpc) is 3.05. The summed E-state index contributed by atoms with van der Waals surface area (Å²) in [6.45, 7) is 8.50. The molecule has 0 amide bonds. The SMILES string of the molecule is C#CCOc1cc[c-]c(-c2ccccn2)c1.Cc1ccnc(-c2cc(C)ccn2)c1.Cc1ccnc(-c2cc(C)ccn2)c1.[Os+]. The Hall–Kier alpha value is -5.03. The molecule has 0 aliphatic carbocycles. The first kappa shape index (κ1) is 34.5. The van der Waals surface area contributed by atoms with E-state index in [1.54, 1.807) is 12.3 Å². The fraction of sp³-hybridized carbons (Fsp3) is 0.132. The summed E-state index contributed by atoms with van der Waals surface area (Å²) in [5, 5.41) is 0. The number of aryl methyl sites for hydroxylation is 4. The summed E-state index contributed by atoms with van der Waals surface area (Å²) in [7, 11) is 0. The Labute approximate surface area is 279 Å². The quantitative estimate of drug-likeness (QED) is 0.131. The van der Waals surface area contributed by atoms with Crippen LogP contribution >= 0.6 is 0 Å². The summed E-state index contributed by atoms with van der Waals surface area (Å²) in [5.74, 6) is 3.16. The number of nitrogens with zero attached hydrogens (tertiary/aromatic N) is 5. The van der Waals surface area contributed by atoms with Crippen LogP contribution < -0.4 is 4.74 Å². The molecule has 0 fully saturated rings. The van der Waals surface area contributed by atoms with Crippen LogP contribution in [0.1, 0.15) is 22.3 Å². The number of ether oxygens (including phenoxy) is 1. The minimum Gasteiger partial charge on any atom is -0.500 e. The zero-order valence-electron chi connectivity index (χ0n) is 25.8. The maximum absolute atomic E-state index is 5.33. The van der Waals surface area contributed by atoms with Crippen LogP contribution in [0.25, 0.3) is 34.0 Å². The molecule has 5 aromatic heterocycles. The minimum atomic E-state index is 0. The summed E-state index contributed by atoms with van der Waals surface area (Å²) >= 11 is 0. The molecule has 1 aromatic carbocycles. The van der Waals surface area contributed by atoms with Gasteiger partial charge in [0.25, 0.3) is 0 Å². The van der Waals surface area contributed by atoms with Crippen LogP contribution in [0.15, 0.2) is 116 Å². The molecule has 45 heavy (non-hydrogen) atoms. The van der Waals surface area contributed by atoms with Crippen molar-refractivity contribution in [1.82, 2.24) is 24.9 Å². The third kappa shape index (κ3) is 11.2. The Bertz CT molecular complexity index is 1660. The summed E-state index contributed by atoms with van der Waals surface area (Å²) in [6.07, 6.45) is 14.1. The van der Waals surface area contributed by atoms with Gasteiger partial charge in [-0.15, -0.1) is 36.3 Å². The van der Waals surface area contributed by atoms with E-state index in [2.05, 4.69) is 64.6 Å². The number of hydrogen-bond acceptors (Lipinski definition) is 6. The standard InChI is InChI=1S/C14H10NO.2C12H12N2.Os/c1-2-10-16-13-7-5-6-12(11-13)14-8-3-4-9-15-14;2*1-9-3-5-13-11(7-9)12-8-10(2)4-6-14-12;/h1,3-5,7-9,11H,10H2;2*3-8H,1-2H3;/q-1;;;+1. The van der Waals surface area contributed by atoms with Crippen LogP contribution in [-0.4, -0.2) is 31.5 Å². The van der Waals surface area contributed by atoms with Crippen molar-refractivity contribution < 1.29 is 24.5 Å². The van der Waals surface area contributed by atoms with Gasteiger partial charge >= 0.3 is 19.8 Å². The Morgan fingerprint density at radius 1 is 0.578 bits per heavy atom. The fourth-order valence-corrected chi connectivity index (χ4v) is 4.04. The summed E-state index contributed by atoms with van der Waals surface area (Å²) in [6, 6.07) is 30.5. The second-order valence-corrected chi connectivity index (χ2v) is 10.0. The average molecular weight is 767 g/mol. The molecule has 0 unspecified atom stereocenters. The molecule has 225 valence electrons. The van der Waals surface area contributed by atoms with Crippen molar-refractivity contribution in [2.24, 2.45) is 0 Å². The predicted molar refractivity (Wildman–Crippen MR) is 177 cm³/mol. The Morgan fingerprint density at radius 3 is 1.40 bits per heavy atom. The molecule has 0 aliphatic rings. The van der Waals surface area contributed by atoms with Gasteiger partial charge in [-0.3, -0.25) is 19.9 Å². The Kier molecular flexibility index (Phi) is 13.7. The first-order valence-electron chi connectivity index (χ1n) is 14.1. The van der Waals surface area contributed by atoms with Crippen LogP contribution in [0.2, 0.25) is 0 Å². The van der Waals surface area contributed by atoms with Crippen molar-refractivity contribution >= 4 is 0 Å². The molecule has 1 radical (unpaired) electrons. The molecule has 0 spiro atoms. The van der Waals surface area contributed by atoms with Crippen LogP contribution in [-0.2, 0) is 19.8 Å². The van der Waals surface area contributed by atoms with E-state index in [-0.39, 0.29) is 26.4 Å². The largest absolute Gasteiger partial charge is 1.00 e. The van der Waals surface area contributed by atoms with Gasteiger partial charge in [0.15, 0.2) is 0 Å². The van der Waals surface area contributed by atoms with Gasteiger partial charge in [-0.05, 0) is 110 Å². The van der Waals surface area contributed by atoms with Crippen molar-refractivity contribution in [3.05, 3.63) is 144 Å². The van der Waals surface area contributed by atoms with E-state index in [1.807, 2.05) is 104 Å². The first-order valence-corrected chi connectivity index (χ1v) is 14.1. The topological polar surface area (TPSA) is 73.7 Å². The van der Waals surface area contributed by atoms with Crippen LogP contribution in [0.5, 0.6) is 5.75 Å². The maximum Gasteiger partial charge on any atom is 1.00 e. The van der Waals surface area contributed by atoms with Gasteiger partial charge in [0, 0.05) is 36.7 Å². The predicted octanol–water partition coefficient (Wildman–Crippen LogP) is 8.08. The number of hydrogen-bond donors (Lipinski definition) is 0. The monoisotopic (exact) mass is 768 g/mol. The Morgan fingerprint density at radius 2 is 1.02 bits per heavy atom. The molecular formula is C38H34N5OOs. The van der Waals surface area contributed by atoms with E-state index >= 15 is 0 Å². The molecule has 0 saturated heterocycles. The smallest absolute Gasteiger partial charge is 0.500 e. The summed E-state index contributed by atoms with van der Waals surface area (Å²) < 4.78 is 5.33. The molecule has 5 heterocycles. The van der Waals surface area contributed by atoms with E-state index in [0.717, 1.165) is 39.8 Å². The van der Waals surface area contributed by atoms with Crippen LogP contribution in [0.4, 0.5) is 0 Å². The maximum atomic E-state index is 5.33. The molecule has 6 nitrogen and oxygen atoms in total. The van der Waals surface area contributed by atoms with Gasteiger partial charge in [0.05, 0.1) is 22.8 Å². The van der Waals surface area contributed by atoms with Crippen LogP contribution in [0.3, 0.4) is 0 Å². The Balaban J connectivity index is 0.000000183.